The van der Waals surface area contributed by atoms with Crippen LogP contribution in [0.3, 0.4) is 0 Å². The van der Waals surface area contributed by atoms with Crippen LogP contribution in [0.1, 0.15) is 63.4 Å². The molecule has 0 spiro atoms. The number of alkyl halides is 3. The molecule has 152 valence electrons. The van der Waals surface area contributed by atoms with Crippen LogP contribution in [-0.4, -0.2) is 23.7 Å². The fourth-order valence-electron chi connectivity index (χ4n) is 2.61. The lowest BCUT2D eigenvalue weighted by Gasteiger charge is -2.10. The molecule has 0 unspecified atom stereocenters. The first-order chi connectivity index (χ1) is 12.8. The van der Waals surface area contributed by atoms with Gasteiger partial charge < -0.3 is 15.7 Å². The molecule has 0 saturated carbocycles. The SMILES string of the molecule is O=C(O)CCCCCCCCCCNC(=O)Nc1cccc(C(F)(F)F)c1. The minimum absolute atomic E-state index is 0.102. The number of hydrogen-bond donors (Lipinski definition) is 3. The van der Waals surface area contributed by atoms with E-state index in [1.54, 1.807) is 0 Å². The third-order valence-corrected chi connectivity index (χ3v) is 4.05. The number of amides is 2. The first kappa shape index (κ1) is 22.8. The number of aliphatic carboxylic acids is 1. The van der Waals surface area contributed by atoms with Gasteiger partial charge in [0.1, 0.15) is 0 Å². The molecule has 0 radical (unpaired) electrons. The van der Waals surface area contributed by atoms with Crippen molar-refractivity contribution < 1.29 is 27.9 Å². The van der Waals surface area contributed by atoms with Crippen molar-refractivity contribution in [3.8, 4) is 0 Å². The number of carbonyl (C=O) groups excluding carboxylic acids is 1. The number of urea groups is 1. The lowest BCUT2D eigenvalue weighted by molar-refractivity contribution is -0.138. The number of unbranched alkanes of at least 4 members (excludes halogenated alkanes) is 7. The van der Waals surface area contributed by atoms with Gasteiger partial charge in [-0.25, -0.2) is 4.79 Å². The molecule has 0 aromatic heterocycles. The van der Waals surface area contributed by atoms with Gasteiger partial charge in [-0.3, -0.25) is 4.79 Å². The number of halogens is 3. The van der Waals surface area contributed by atoms with Crippen molar-refractivity contribution in [3.63, 3.8) is 0 Å². The van der Waals surface area contributed by atoms with Crippen molar-refractivity contribution in [3.05, 3.63) is 29.8 Å². The molecule has 2 amide bonds. The van der Waals surface area contributed by atoms with Gasteiger partial charge in [-0.15, -0.1) is 0 Å². The Morgan fingerprint density at radius 3 is 2.11 bits per heavy atom. The predicted octanol–water partition coefficient (Wildman–Crippen LogP) is 5.42. The topological polar surface area (TPSA) is 78.4 Å². The molecule has 0 saturated heterocycles. The molecule has 1 aromatic rings. The van der Waals surface area contributed by atoms with Crippen LogP contribution in [0, 0.1) is 0 Å². The molecule has 27 heavy (non-hydrogen) atoms. The summed E-state index contributed by atoms with van der Waals surface area (Å²) in [5.41, 5.74) is -0.700. The largest absolute Gasteiger partial charge is 0.481 e. The molecule has 3 N–H and O–H groups in total. The summed E-state index contributed by atoms with van der Waals surface area (Å²) in [5.74, 6) is -0.750. The Labute approximate surface area is 157 Å². The van der Waals surface area contributed by atoms with Gasteiger partial charge in [0, 0.05) is 18.7 Å². The van der Waals surface area contributed by atoms with E-state index in [9.17, 15) is 22.8 Å². The first-order valence-electron chi connectivity index (χ1n) is 9.23. The molecule has 5 nitrogen and oxygen atoms in total. The minimum Gasteiger partial charge on any atom is -0.481 e. The number of carboxylic acid groups (broad SMARTS) is 1. The molecule has 0 aliphatic rings. The van der Waals surface area contributed by atoms with E-state index in [4.69, 9.17) is 5.11 Å². The maximum atomic E-state index is 12.6. The Morgan fingerprint density at radius 1 is 0.926 bits per heavy atom. The molecule has 1 aromatic carbocycles. The van der Waals surface area contributed by atoms with E-state index < -0.39 is 23.7 Å². The Morgan fingerprint density at radius 2 is 1.52 bits per heavy atom. The van der Waals surface area contributed by atoms with Gasteiger partial charge in [0.05, 0.1) is 5.56 Å². The van der Waals surface area contributed by atoms with Gasteiger partial charge in [0.25, 0.3) is 0 Å². The maximum Gasteiger partial charge on any atom is 0.416 e. The Kier molecular flexibility index (Phi) is 10.3. The molecular weight excluding hydrogens is 361 g/mol. The standard InChI is InChI=1S/C19H27F3N2O3/c20-19(21,22)15-10-9-11-16(14-15)24-18(27)23-13-8-6-4-2-1-3-5-7-12-17(25)26/h9-11,14H,1-8,12-13H2,(H,25,26)(H2,23,24,27). The number of carboxylic acids is 1. The molecule has 0 heterocycles. The summed E-state index contributed by atoms with van der Waals surface area (Å²) >= 11 is 0. The zero-order valence-electron chi connectivity index (χ0n) is 15.3. The highest BCUT2D eigenvalue weighted by atomic mass is 19.4. The fraction of sp³-hybridized carbons (Fsp3) is 0.579. The quantitative estimate of drug-likeness (QED) is 0.418. The van der Waals surface area contributed by atoms with Gasteiger partial charge in [-0.2, -0.15) is 13.2 Å². The lowest BCUT2D eigenvalue weighted by Crippen LogP contribution is -2.29. The van der Waals surface area contributed by atoms with Crippen LogP contribution in [0.5, 0.6) is 0 Å². The fourth-order valence-corrected chi connectivity index (χ4v) is 2.61. The highest BCUT2D eigenvalue weighted by molar-refractivity contribution is 5.89. The van der Waals surface area contributed by atoms with Crippen molar-refractivity contribution >= 4 is 17.7 Å². The predicted molar refractivity (Wildman–Crippen MR) is 97.7 cm³/mol. The highest BCUT2D eigenvalue weighted by Gasteiger charge is 2.30. The Hall–Kier alpha value is -2.25. The summed E-state index contributed by atoms with van der Waals surface area (Å²) in [6, 6.07) is 3.99. The number of rotatable bonds is 12. The third kappa shape index (κ3) is 11.1. The zero-order valence-corrected chi connectivity index (χ0v) is 15.3. The number of carbonyl (C=O) groups is 2. The van der Waals surface area contributed by atoms with Crippen LogP contribution in [0.4, 0.5) is 23.7 Å². The normalized spacial score (nSPS) is 11.2. The summed E-state index contributed by atoms with van der Waals surface area (Å²) in [7, 11) is 0. The average Bonchev–Trinajstić information content (AvgIpc) is 2.59. The second-order valence-corrected chi connectivity index (χ2v) is 6.43. The number of nitrogens with one attached hydrogen (secondary N) is 2. The van der Waals surface area contributed by atoms with Gasteiger partial charge in [0.2, 0.25) is 0 Å². The molecule has 0 aliphatic carbocycles. The van der Waals surface area contributed by atoms with E-state index in [1.165, 1.54) is 12.1 Å². The van der Waals surface area contributed by atoms with E-state index in [2.05, 4.69) is 10.6 Å². The van der Waals surface area contributed by atoms with Crippen molar-refractivity contribution in [1.82, 2.24) is 5.32 Å². The summed E-state index contributed by atoms with van der Waals surface area (Å²) in [6.07, 6.45) is 3.42. The zero-order chi connectivity index (χ0) is 20.1. The summed E-state index contributed by atoms with van der Waals surface area (Å²) < 4.78 is 37.9. The van der Waals surface area contributed by atoms with Gasteiger partial charge >= 0.3 is 18.2 Å². The highest BCUT2D eigenvalue weighted by Crippen LogP contribution is 2.30. The van der Waals surface area contributed by atoms with Crippen LogP contribution >= 0.6 is 0 Å². The second kappa shape index (κ2) is 12.2. The molecule has 0 atom stereocenters. The smallest absolute Gasteiger partial charge is 0.416 e. The molecular formula is C19H27F3N2O3. The first-order valence-corrected chi connectivity index (χ1v) is 9.23. The third-order valence-electron chi connectivity index (χ3n) is 4.05. The van der Waals surface area contributed by atoms with E-state index in [0.717, 1.165) is 63.5 Å². The van der Waals surface area contributed by atoms with Crippen LogP contribution in [0.2, 0.25) is 0 Å². The van der Waals surface area contributed by atoms with Gasteiger partial charge in [-0.1, -0.05) is 44.6 Å². The van der Waals surface area contributed by atoms with Crippen LogP contribution in [-0.2, 0) is 11.0 Å². The molecule has 0 bridgehead atoms. The molecule has 0 aliphatic heterocycles. The molecule has 8 heteroatoms. The maximum absolute atomic E-state index is 12.6. The lowest BCUT2D eigenvalue weighted by atomic mass is 10.1. The van der Waals surface area contributed by atoms with Crippen molar-refractivity contribution in [1.29, 1.82) is 0 Å². The van der Waals surface area contributed by atoms with E-state index in [-0.39, 0.29) is 12.1 Å². The van der Waals surface area contributed by atoms with Crippen molar-refractivity contribution in [2.24, 2.45) is 0 Å². The Bertz CT molecular complexity index is 592. The molecule has 1 rings (SSSR count). The summed E-state index contributed by atoms with van der Waals surface area (Å²) in [4.78, 5) is 22.1. The number of benzene rings is 1. The van der Waals surface area contributed by atoms with E-state index in [0.29, 0.717) is 6.54 Å². The number of anilines is 1. The Balaban J connectivity index is 2.06. The van der Waals surface area contributed by atoms with Crippen LogP contribution in [0.25, 0.3) is 0 Å². The molecule has 0 fully saturated rings. The van der Waals surface area contributed by atoms with Crippen LogP contribution < -0.4 is 10.6 Å². The second-order valence-electron chi connectivity index (χ2n) is 6.43. The minimum atomic E-state index is -4.44. The summed E-state index contributed by atoms with van der Waals surface area (Å²) in [5, 5.41) is 13.6. The van der Waals surface area contributed by atoms with Crippen molar-refractivity contribution in [2.75, 3.05) is 11.9 Å². The average molecular weight is 388 g/mol. The van der Waals surface area contributed by atoms with Gasteiger partial charge in [0.15, 0.2) is 0 Å². The van der Waals surface area contributed by atoms with E-state index in [1.807, 2.05) is 0 Å². The van der Waals surface area contributed by atoms with Crippen LogP contribution in [0.15, 0.2) is 24.3 Å². The monoisotopic (exact) mass is 388 g/mol. The summed E-state index contributed by atoms with van der Waals surface area (Å²) in [6.45, 7) is 0.462. The van der Waals surface area contributed by atoms with Crippen molar-refractivity contribution in [2.45, 2.75) is 64.0 Å². The number of hydrogen-bond acceptors (Lipinski definition) is 2. The van der Waals surface area contributed by atoms with E-state index >= 15 is 0 Å². The van der Waals surface area contributed by atoms with Gasteiger partial charge in [-0.05, 0) is 31.0 Å².